The molecule has 0 spiro atoms. The zero-order valence-electron chi connectivity index (χ0n) is 13.4. The van der Waals surface area contributed by atoms with Crippen LogP contribution in [-0.2, 0) is 14.8 Å². The van der Waals surface area contributed by atoms with Crippen LogP contribution < -0.4 is 0 Å². The highest BCUT2D eigenvalue weighted by molar-refractivity contribution is 7.75. The van der Waals surface area contributed by atoms with Gasteiger partial charge in [-0.1, -0.05) is 59.2 Å². The average molecular weight is 363 g/mol. The van der Waals surface area contributed by atoms with Gasteiger partial charge in [-0.25, -0.2) is 4.39 Å². The van der Waals surface area contributed by atoms with Crippen molar-refractivity contribution in [1.82, 2.24) is 4.98 Å². The van der Waals surface area contributed by atoms with E-state index in [4.69, 9.17) is 0 Å². The van der Waals surface area contributed by atoms with Gasteiger partial charge in [0.05, 0.1) is 11.1 Å². The highest BCUT2D eigenvalue weighted by Gasteiger charge is 2.03. The molecule has 0 saturated heterocycles. The smallest absolute Gasteiger partial charge is 0.255 e. The maximum atomic E-state index is 13.6. The van der Waals surface area contributed by atoms with Gasteiger partial charge in [0, 0.05) is 18.0 Å². The summed E-state index contributed by atoms with van der Waals surface area (Å²) in [6.45, 7) is 0. The minimum atomic E-state index is -1.80. The second-order valence-electron chi connectivity index (χ2n) is 5.15. The van der Waals surface area contributed by atoms with Crippen LogP contribution in [-0.4, -0.2) is 10.9 Å². The lowest BCUT2D eigenvalue weighted by Crippen LogP contribution is -1.97. The van der Waals surface area contributed by atoms with Crippen LogP contribution in [0.15, 0.2) is 82.3 Å². The molecule has 4 nitrogen and oxygen atoms in total. The zero-order valence-corrected chi connectivity index (χ0v) is 14.2. The molecule has 1 aromatic heterocycles. The van der Waals surface area contributed by atoms with Crippen LogP contribution in [0.4, 0.5) is 4.39 Å². The summed E-state index contributed by atoms with van der Waals surface area (Å²) in [7, 11) is -1.80. The molecule has 26 heavy (non-hydrogen) atoms. The molecule has 1 heterocycles. The maximum absolute atomic E-state index is 13.6. The van der Waals surface area contributed by atoms with E-state index >= 15 is 0 Å². The van der Waals surface area contributed by atoms with Crippen LogP contribution in [0.3, 0.4) is 0 Å². The largest absolute Gasteiger partial charge is 0.440 e. The third-order valence-electron chi connectivity index (χ3n) is 3.31. The third kappa shape index (κ3) is 4.41. The van der Waals surface area contributed by atoms with Crippen LogP contribution in [0.1, 0.15) is 21.5 Å². The molecule has 6 heteroatoms. The number of aromatic nitrogens is 1. The SMILES string of the molecule is O=C(N=[S-](=O)c1ccccc1)c1cncc(C#Cc2ccccc2F)c1. The van der Waals surface area contributed by atoms with Crippen LogP contribution >= 0.6 is 0 Å². The van der Waals surface area contributed by atoms with E-state index in [-0.39, 0.29) is 11.1 Å². The summed E-state index contributed by atoms with van der Waals surface area (Å²) >= 11 is 0. The number of pyridine rings is 1. The Balaban J connectivity index is 1.85. The molecule has 0 aliphatic heterocycles. The number of rotatable bonds is 2. The fourth-order valence-corrected chi connectivity index (χ4v) is 2.80. The number of amides is 1. The molecule has 0 radical (unpaired) electrons. The number of hydrogen-bond acceptors (Lipinski definition) is 4. The molecule has 0 bridgehead atoms. The molecule has 0 aliphatic carbocycles. The van der Waals surface area contributed by atoms with Crippen molar-refractivity contribution in [1.29, 1.82) is 0 Å². The minimum Gasteiger partial charge on any atom is -0.440 e. The normalized spacial score (nSPS) is 11.4. The number of carbonyl (C=O) groups is 1. The quantitative estimate of drug-likeness (QED) is 0.511. The van der Waals surface area contributed by atoms with E-state index in [0.29, 0.717) is 10.5 Å². The van der Waals surface area contributed by atoms with Gasteiger partial charge in [-0.2, -0.15) is 10.6 Å². The molecule has 128 valence electrons. The van der Waals surface area contributed by atoms with Crippen molar-refractivity contribution in [2.24, 2.45) is 4.36 Å². The van der Waals surface area contributed by atoms with E-state index in [1.54, 1.807) is 48.5 Å². The number of benzene rings is 2. The van der Waals surface area contributed by atoms with Crippen molar-refractivity contribution in [2.75, 3.05) is 0 Å². The van der Waals surface area contributed by atoms with E-state index in [1.165, 1.54) is 24.5 Å². The molecular weight excluding hydrogens is 351 g/mol. The number of nitrogens with zero attached hydrogens (tertiary/aromatic N) is 2. The summed E-state index contributed by atoms with van der Waals surface area (Å²) < 4.78 is 29.4. The van der Waals surface area contributed by atoms with Crippen LogP contribution in [0, 0.1) is 17.7 Å². The van der Waals surface area contributed by atoms with Crippen molar-refractivity contribution in [2.45, 2.75) is 4.90 Å². The molecule has 0 unspecified atom stereocenters. The first-order valence-electron chi connectivity index (χ1n) is 7.58. The summed E-state index contributed by atoms with van der Waals surface area (Å²) in [5.74, 6) is 4.37. The van der Waals surface area contributed by atoms with Crippen molar-refractivity contribution in [3.05, 3.63) is 95.6 Å². The van der Waals surface area contributed by atoms with Crippen molar-refractivity contribution < 1.29 is 13.4 Å². The molecule has 1 amide bonds. The molecule has 3 aromatic rings. The fourth-order valence-electron chi connectivity index (χ4n) is 2.04. The average Bonchev–Trinajstić information content (AvgIpc) is 2.68. The van der Waals surface area contributed by atoms with Crippen molar-refractivity contribution >= 4 is 16.5 Å². The Morgan fingerprint density at radius 2 is 1.73 bits per heavy atom. The summed E-state index contributed by atoms with van der Waals surface area (Å²) in [5.41, 5.74) is 0.841. The summed E-state index contributed by atoms with van der Waals surface area (Å²) in [5, 5.41) is 0. The monoisotopic (exact) mass is 363 g/mol. The Morgan fingerprint density at radius 1 is 1.00 bits per heavy atom. The van der Waals surface area contributed by atoms with Gasteiger partial charge < -0.3 is 8.57 Å². The highest BCUT2D eigenvalue weighted by atomic mass is 32.2. The van der Waals surface area contributed by atoms with Crippen LogP contribution in [0.25, 0.3) is 0 Å². The van der Waals surface area contributed by atoms with E-state index in [0.717, 1.165) is 0 Å². The molecule has 0 N–H and O–H groups in total. The first-order valence-corrected chi connectivity index (χ1v) is 8.69. The van der Waals surface area contributed by atoms with Gasteiger partial charge in [0.25, 0.3) is 5.91 Å². The Morgan fingerprint density at radius 3 is 2.50 bits per heavy atom. The maximum Gasteiger partial charge on any atom is 0.255 e. The summed E-state index contributed by atoms with van der Waals surface area (Å²) in [6.07, 6.45) is 2.78. The summed E-state index contributed by atoms with van der Waals surface area (Å²) in [6, 6.07) is 16.1. The lowest BCUT2D eigenvalue weighted by Gasteiger charge is -2.04. The Bertz CT molecular complexity index is 1100. The number of halogens is 1. The molecule has 0 saturated carbocycles. The van der Waals surface area contributed by atoms with Crippen molar-refractivity contribution in [3.8, 4) is 11.8 Å². The van der Waals surface area contributed by atoms with E-state index in [2.05, 4.69) is 21.2 Å². The van der Waals surface area contributed by atoms with Gasteiger partial charge in [0.15, 0.2) is 0 Å². The van der Waals surface area contributed by atoms with Gasteiger partial charge in [-0.15, -0.1) is 0 Å². The highest BCUT2D eigenvalue weighted by Crippen LogP contribution is 2.08. The summed E-state index contributed by atoms with van der Waals surface area (Å²) in [4.78, 5) is 16.6. The zero-order chi connectivity index (χ0) is 18.4. The van der Waals surface area contributed by atoms with Gasteiger partial charge >= 0.3 is 0 Å². The van der Waals surface area contributed by atoms with Gasteiger partial charge in [-0.3, -0.25) is 9.78 Å². The van der Waals surface area contributed by atoms with E-state index in [9.17, 15) is 13.4 Å². The first kappa shape index (κ1) is 17.5. The van der Waals surface area contributed by atoms with Gasteiger partial charge in [0.1, 0.15) is 5.82 Å². The molecule has 3 rings (SSSR count). The lowest BCUT2D eigenvalue weighted by molar-refractivity contribution is 0.100. The first-order chi connectivity index (χ1) is 12.6. The van der Waals surface area contributed by atoms with Gasteiger partial charge in [0.2, 0.25) is 0 Å². The third-order valence-corrected chi connectivity index (χ3v) is 4.32. The minimum absolute atomic E-state index is 0.162. The Labute approximate surface area is 151 Å². The number of carbonyl (C=O) groups excluding carboxylic acids is 1. The molecule has 0 atom stereocenters. The second kappa shape index (κ2) is 8.19. The van der Waals surface area contributed by atoms with E-state index < -0.39 is 22.3 Å². The molecule has 0 aliphatic rings. The topological polar surface area (TPSA) is 59.4 Å². The number of hydrogen-bond donors (Lipinski definition) is 0. The predicted octanol–water partition coefficient (Wildman–Crippen LogP) is 3.97. The molecule has 2 aromatic carbocycles. The lowest BCUT2D eigenvalue weighted by atomic mass is 10.1. The Hall–Kier alpha value is -3.30. The molecular formula is C20H12FN2O2S-. The van der Waals surface area contributed by atoms with E-state index in [1.807, 2.05) is 0 Å². The molecule has 0 fully saturated rings. The van der Waals surface area contributed by atoms with Crippen LogP contribution in [0.2, 0.25) is 0 Å². The van der Waals surface area contributed by atoms with Crippen LogP contribution in [0.5, 0.6) is 0 Å². The fraction of sp³-hybridized carbons (Fsp3) is 0. The standard InChI is InChI=1S/C20H12FN2O2S/c21-19-9-5-4-6-16(19)11-10-15-12-17(14-22-13-15)20(24)23-26(25)18-7-2-1-3-8-18/h1-9,12-14H/q-1. The Kier molecular flexibility index (Phi) is 5.52. The second-order valence-corrected chi connectivity index (χ2v) is 6.30. The van der Waals surface area contributed by atoms with Gasteiger partial charge in [-0.05, 0) is 18.2 Å². The van der Waals surface area contributed by atoms with Crippen molar-refractivity contribution in [3.63, 3.8) is 0 Å². The predicted molar refractivity (Wildman–Crippen MR) is 96.1 cm³/mol.